The molecule has 3 nitrogen and oxygen atoms in total. The molecule has 0 bridgehead atoms. The summed E-state index contributed by atoms with van der Waals surface area (Å²) in [4.78, 5) is 4.79. The van der Waals surface area contributed by atoms with Gasteiger partial charge in [-0.15, -0.1) is 0 Å². The number of rotatable bonds is 11. The maximum absolute atomic E-state index is 2.49. The Kier molecular flexibility index (Phi) is 11.4. The molecule has 12 rings (SSSR count). The van der Waals surface area contributed by atoms with Gasteiger partial charge in [0.1, 0.15) is 0 Å². The van der Waals surface area contributed by atoms with Crippen molar-refractivity contribution in [2.45, 2.75) is 25.3 Å². The summed E-state index contributed by atoms with van der Waals surface area (Å²) < 4.78 is 2.41. The number of nitrogens with zero attached hydrogens (tertiary/aromatic N) is 3. The van der Waals surface area contributed by atoms with E-state index >= 15 is 0 Å². The molecule has 3 atom stereocenters. The van der Waals surface area contributed by atoms with E-state index in [2.05, 4.69) is 281 Å². The third-order valence-corrected chi connectivity index (χ3v) is 14.2. The first-order valence-corrected chi connectivity index (χ1v) is 24.4. The molecule has 69 heavy (non-hydrogen) atoms. The van der Waals surface area contributed by atoms with E-state index in [4.69, 9.17) is 0 Å². The zero-order valence-corrected chi connectivity index (χ0v) is 38.6. The highest BCUT2D eigenvalue weighted by atomic mass is 15.2. The van der Waals surface area contributed by atoms with E-state index in [-0.39, 0.29) is 6.04 Å². The van der Waals surface area contributed by atoms with Crippen LogP contribution in [-0.4, -0.2) is 10.6 Å². The molecule has 9 aromatic rings. The molecule has 0 fully saturated rings. The van der Waals surface area contributed by atoms with Crippen LogP contribution in [0.5, 0.6) is 0 Å². The van der Waals surface area contributed by atoms with Gasteiger partial charge >= 0.3 is 0 Å². The lowest BCUT2D eigenvalue weighted by Crippen LogP contribution is -2.30. The molecular weight excluding hydrogens is 835 g/mol. The van der Waals surface area contributed by atoms with E-state index in [1.165, 1.54) is 66.6 Å². The van der Waals surface area contributed by atoms with E-state index < -0.39 is 0 Å². The predicted octanol–water partition coefficient (Wildman–Crippen LogP) is 17.6. The lowest BCUT2D eigenvalue weighted by molar-refractivity contribution is 0.707. The summed E-state index contributed by atoms with van der Waals surface area (Å²) in [5.41, 5.74) is 17.0. The molecule has 0 radical (unpaired) electrons. The molecule has 1 aromatic heterocycles. The van der Waals surface area contributed by atoms with E-state index in [1.54, 1.807) is 0 Å². The van der Waals surface area contributed by atoms with Crippen molar-refractivity contribution in [1.82, 2.24) is 4.57 Å². The summed E-state index contributed by atoms with van der Waals surface area (Å²) in [6.07, 6.45) is 26.6. The fourth-order valence-electron chi connectivity index (χ4n) is 10.7. The van der Waals surface area contributed by atoms with Crippen molar-refractivity contribution in [3.63, 3.8) is 0 Å². The molecule has 3 aliphatic rings. The highest BCUT2D eigenvalue weighted by Crippen LogP contribution is 2.40. The molecule has 1 heterocycles. The maximum atomic E-state index is 2.49. The third-order valence-electron chi connectivity index (χ3n) is 14.2. The molecule has 0 saturated carbocycles. The topological polar surface area (TPSA) is 11.4 Å². The largest absolute Gasteiger partial charge is 0.334 e. The monoisotopic (exact) mass is 887 g/mol. The number of para-hydroxylation sites is 4. The minimum Gasteiger partial charge on any atom is -0.334 e. The van der Waals surface area contributed by atoms with Crippen molar-refractivity contribution in [2.24, 2.45) is 11.8 Å². The molecule has 0 spiro atoms. The smallest absolute Gasteiger partial charge is 0.0560 e. The minimum atomic E-state index is 0.216. The standard InChI is InChI=1S/C66H53N3/c1-5-15-48(16-6-1)49-25-27-50(28-26-49)51-29-40-60(41-30-51)68(58-21-11-4-12-22-58)61-42-35-54(36-43-61)55-37-46-66-64(47-55)63-23-13-14-24-65(63)69(66)62-44-33-53(34-45-62)52-31-38-59(39-32-52)67(56-17-7-2-8-18-56)57-19-9-3-10-20-57/h1-15,17-27,29-40,42-48,50,60H,16,28,41H2/t48-,50-,60-/m1/s1. The van der Waals surface area contributed by atoms with Crippen molar-refractivity contribution in [1.29, 1.82) is 0 Å². The normalized spacial score (nSPS) is 17.5. The van der Waals surface area contributed by atoms with E-state index in [1.807, 2.05) is 0 Å². The van der Waals surface area contributed by atoms with Gasteiger partial charge in [0.25, 0.3) is 0 Å². The van der Waals surface area contributed by atoms with Crippen LogP contribution >= 0.6 is 0 Å². The van der Waals surface area contributed by atoms with Gasteiger partial charge in [-0.05, 0) is 144 Å². The van der Waals surface area contributed by atoms with Crippen LogP contribution in [0.4, 0.5) is 28.4 Å². The molecule has 8 aromatic carbocycles. The van der Waals surface area contributed by atoms with Crippen LogP contribution in [0.2, 0.25) is 0 Å². The zero-order valence-electron chi connectivity index (χ0n) is 38.6. The van der Waals surface area contributed by atoms with Crippen LogP contribution in [0.25, 0.3) is 49.7 Å². The van der Waals surface area contributed by atoms with Gasteiger partial charge in [-0.2, -0.15) is 0 Å². The van der Waals surface area contributed by atoms with Crippen molar-refractivity contribution in [3.05, 3.63) is 278 Å². The molecular formula is C66H53N3. The van der Waals surface area contributed by atoms with E-state index in [0.29, 0.717) is 11.8 Å². The molecule has 0 saturated heterocycles. The van der Waals surface area contributed by atoms with Crippen LogP contribution in [0, 0.1) is 11.8 Å². The summed E-state index contributed by atoms with van der Waals surface area (Å²) in [7, 11) is 0. The highest BCUT2D eigenvalue weighted by Gasteiger charge is 2.24. The lowest BCUT2D eigenvalue weighted by atomic mass is 9.82. The molecule has 3 heteroatoms. The van der Waals surface area contributed by atoms with Gasteiger partial charge in [0.05, 0.1) is 17.1 Å². The average Bonchev–Trinajstić information content (AvgIpc) is 3.76. The molecule has 0 unspecified atom stereocenters. The zero-order chi connectivity index (χ0) is 45.9. The van der Waals surface area contributed by atoms with Crippen molar-refractivity contribution < 1.29 is 0 Å². The number of anilines is 5. The van der Waals surface area contributed by atoms with Crippen LogP contribution < -0.4 is 9.80 Å². The fourth-order valence-corrected chi connectivity index (χ4v) is 10.7. The minimum absolute atomic E-state index is 0.216. The van der Waals surface area contributed by atoms with Crippen molar-refractivity contribution in [3.8, 4) is 27.9 Å². The van der Waals surface area contributed by atoms with Crippen LogP contribution in [0.15, 0.2) is 278 Å². The predicted molar refractivity (Wildman–Crippen MR) is 292 cm³/mol. The van der Waals surface area contributed by atoms with E-state index in [9.17, 15) is 0 Å². The first-order chi connectivity index (χ1) is 34.2. The van der Waals surface area contributed by atoms with Crippen LogP contribution in [0.3, 0.4) is 0 Å². The Bertz CT molecular complexity index is 3400. The second-order valence-corrected chi connectivity index (χ2v) is 18.4. The summed E-state index contributed by atoms with van der Waals surface area (Å²) in [6, 6.07) is 75.0. The molecule has 0 aliphatic heterocycles. The van der Waals surface area contributed by atoms with Crippen LogP contribution in [-0.2, 0) is 0 Å². The summed E-state index contributed by atoms with van der Waals surface area (Å²) in [5, 5.41) is 2.49. The van der Waals surface area contributed by atoms with Gasteiger partial charge in [0.15, 0.2) is 0 Å². The van der Waals surface area contributed by atoms with Gasteiger partial charge in [0.2, 0.25) is 0 Å². The molecule has 332 valence electrons. The summed E-state index contributed by atoms with van der Waals surface area (Å²) in [5.74, 6) is 0.937. The van der Waals surface area contributed by atoms with Crippen molar-refractivity contribution >= 4 is 50.2 Å². The third kappa shape index (κ3) is 8.38. The number of benzene rings is 8. The lowest BCUT2D eigenvalue weighted by Gasteiger charge is -2.34. The summed E-state index contributed by atoms with van der Waals surface area (Å²) >= 11 is 0. The SMILES string of the molecule is C1=CC[C@H](C2=CC[C@H](C3=CC[C@H](N(c4ccccc4)c4ccc(-c5ccc6c(c5)c5ccccc5n6-c5ccc(-c6ccc(N(c7ccccc7)c7ccccc7)cc6)cc5)cc4)C=C3)C=C2)C=C1. The van der Waals surface area contributed by atoms with E-state index in [0.717, 1.165) is 42.0 Å². The number of allylic oxidation sites excluding steroid dienone is 10. The number of fused-ring (bicyclic) bond motifs is 3. The Morgan fingerprint density at radius 3 is 1.49 bits per heavy atom. The van der Waals surface area contributed by atoms with Gasteiger partial charge in [-0.3, -0.25) is 0 Å². The second kappa shape index (κ2) is 18.7. The molecule has 0 amide bonds. The number of hydrogen-bond acceptors (Lipinski definition) is 2. The van der Waals surface area contributed by atoms with Crippen LogP contribution in [0.1, 0.15) is 19.3 Å². The fraction of sp³-hybridized carbons (Fsp3) is 0.0909. The first kappa shape index (κ1) is 42.0. The highest BCUT2D eigenvalue weighted by molar-refractivity contribution is 6.10. The average molecular weight is 888 g/mol. The first-order valence-electron chi connectivity index (χ1n) is 24.4. The van der Waals surface area contributed by atoms with Crippen molar-refractivity contribution in [2.75, 3.05) is 9.80 Å². The maximum Gasteiger partial charge on any atom is 0.0560 e. The second-order valence-electron chi connectivity index (χ2n) is 18.4. The number of hydrogen-bond donors (Lipinski definition) is 0. The quantitative estimate of drug-likeness (QED) is 0.128. The van der Waals surface area contributed by atoms with Gasteiger partial charge < -0.3 is 14.4 Å². The summed E-state index contributed by atoms with van der Waals surface area (Å²) in [6.45, 7) is 0. The Balaban J connectivity index is 0.789. The van der Waals surface area contributed by atoms with Gasteiger partial charge in [0, 0.05) is 56.7 Å². The Labute approximate surface area is 405 Å². The Morgan fingerprint density at radius 1 is 0.377 bits per heavy atom. The Morgan fingerprint density at radius 2 is 0.884 bits per heavy atom. The molecule has 0 N–H and O–H groups in total. The number of aromatic nitrogens is 1. The van der Waals surface area contributed by atoms with Gasteiger partial charge in [-0.1, -0.05) is 176 Å². The molecule has 3 aliphatic carbocycles. The Hall–Kier alpha value is -8.40. The van der Waals surface area contributed by atoms with Gasteiger partial charge in [-0.25, -0.2) is 0 Å².